The predicted molar refractivity (Wildman–Crippen MR) is 74.8 cm³/mol. The fourth-order valence-electron chi connectivity index (χ4n) is 1.69. The number of hydrogen-bond donors (Lipinski definition) is 0. The van der Waals surface area contributed by atoms with Crippen LogP contribution >= 0.6 is 11.8 Å². The van der Waals surface area contributed by atoms with E-state index in [1.165, 1.54) is 0 Å². The molecule has 94 valence electrons. The molecule has 0 N–H and O–H groups in total. The van der Waals surface area contributed by atoms with Crippen LogP contribution in [0.4, 0.5) is 0 Å². The molecule has 0 saturated carbocycles. The molecule has 0 saturated heterocycles. The molecule has 0 spiro atoms. The Kier molecular flexibility index (Phi) is 4.65. The maximum absolute atomic E-state index is 12.1. The molecule has 18 heavy (non-hydrogen) atoms. The first-order valence-corrected chi connectivity index (χ1v) is 7.12. The molecular formula is C15H16O2S. The van der Waals surface area contributed by atoms with Gasteiger partial charge in [-0.2, -0.15) is 11.8 Å². The number of carbonyl (C=O) groups is 1. The topological polar surface area (TPSA) is 30.2 Å². The van der Waals surface area contributed by atoms with E-state index in [1.807, 2.05) is 49.4 Å². The lowest BCUT2D eigenvalue weighted by molar-refractivity contribution is 0.0942. The average Bonchev–Trinajstić information content (AvgIpc) is 2.92. The number of thioether (sulfide) groups is 1. The molecule has 1 aromatic carbocycles. The maximum Gasteiger partial charge on any atom is 0.166 e. The van der Waals surface area contributed by atoms with Crippen LogP contribution in [-0.4, -0.2) is 11.5 Å². The Morgan fingerprint density at radius 3 is 2.67 bits per heavy atom. The summed E-state index contributed by atoms with van der Waals surface area (Å²) in [5, 5.41) is 0. The molecule has 0 unspecified atom stereocenters. The van der Waals surface area contributed by atoms with E-state index in [0.717, 1.165) is 22.8 Å². The first-order chi connectivity index (χ1) is 8.77. The van der Waals surface area contributed by atoms with Gasteiger partial charge < -0.3 is 4.42 Å². The minimum absolute atomic E-state index is 0.0346. The number of Topliss-reactive ketones (excluding diaryl/α,β-unsaturated/α-hetero) is 1. The summed E-state index contributed by atoms with van der Waals surface area (Å²) in [5.74, 6) is 2.84. The number of carbonyl (C=O) groups excluding carboxylic acids is 1. The van der Waals surface area contributed by atoms with Crippen LogP contribution in [0.5, 0.6) is 0 Å². The van der Waals surface area contributed by atoms with Crippen molar-refractivity contribution < 1.29 is 9.21 Å². The molecule has 0 aliphatic carbocycles. The fraction of sp³-hybridized carbons (Fsp3) is 0.267. The van der Waals surface area contributed by atoms with Crippen molar-refractivity contribution in [2.45, 2.75) is 12.7 Å². The summed E-state index contributed by atoms with van der Waals surface area (Å²) in [6.07, 6.45) is 1.68. The average molecular weight is 260 g/mol. The van der Waals surface area contributed by atoms with Gasteiger partial charge in [-0.1, -0.05) is 37.3 Å². The van der Waals surface area contributed by atoms with Gasteiger partial charge in [-0.15, -0.1) is 0 Å². The zero-order valence-electron chi connectivity index (χ0n) is 10.3. The van der Waals surface area contributed by atoms with E-state index in [2.05, 4.69) is 0 Å². The van der Waals surface area contributed by atoms with Gasteiger partial charge in [0.25, 0.3) is 0 Å². The second-order valence-electron chi connectivity index (χ2n) is 4.23. The van der Waals surface area contributed by atoms with E-state index in [9.17, 15) is 4.79 Å². The molecular weight excluding hydrogens is 244 g/mol. The predicted octanol–water partition coefficient (Wildman–Crippen LogP) is 4.03. The van der Waals surface area contributed by atoms with E-state index >= 15 is 0 Å². The Labute approximate surface area is 111 Å². The van der Waals surface area contributed by atoms with Crippen molar-refractivity contribution in [2.75, 3.05) is 5.75 Å². The smallest absolute Gasteiger partial charge is 0.166 e. The van der Waals surface area contributed by atoms with Crippen LogP contribution in [0.15, 0.2) is 53.1 Å². The van der Waals surface area contributed by atoms with Crippen LogP contribution in [-0.2, 0) is 5.75 Å². The first kappa shape index (κ1) is 13.0. The lowest BCUT2D eigenvalue weighted by Crippen LogP contribution is -2.13. The monoisotopic (exact) mass is 260 g/mol. The van der Waals surface area contributed by atoms with Gasteiger partial charge in [0.15, 0.2) is 5.78 Å². The fourth-order valence-corrected chi connectivity index (χ4v) is 2.68. The molecule has 3 heteroatoms. The highest BCUT2D eigenvalue weighted by Crippen LogP contribution is 2.18. The van der Waals surface area contributed by atoms with Crippen molar-refractivity contribution in [3.63, 3.8) is 0 Å². The summed E-state index contributed by atoms with van der Waals surface area (Å²) in [4.78, 5) is 12.1. The molecule has 0 aliphatic heterocycles. The van der Waals surface area contributed by atoms with Gasteiger partial charge in [-0.25, -0.2) is 0 Å². The summed E-state index contributed by atoms with van der Waals surface area (Å²) in [5.41, 5.74) is 0.795. The highest BCUT2D eigenvalue weighted by molar-refractivity contribution is 7.98. The van der Waals surface area contributed by atoms with Crippen molar-refractivity contribution in [3.8, 4) is 0 Å². The van der Waals surface area contributed by atoms with Crippen LogP contribution in [0.1, 0.15) is 23.0 Å². The van der Waals surface area contributed by atoms with Crippen molar-refractivity contribution in [2.24, 2.45) is 5.92 Å². The van der Waals surface area contributed by atoms with Gasteiger partial charge in [-0.3, -0.25) is 4.79 Å². The van der Waals surface area contributed by atoms with Crippen molar-refractivity contribution in [3.05, 3.63) is 60.1 Å². The second kappa shape index (κ2) is 6.45. The van der Waals surface area contributed by atoms with Gasteiger partial charge in [0.1, 0.15) is 5.76 Å². The van der Waals surface area contributed by atoms with Crippen LogP contribution in [0.2, 0.25) is 0 Å². The quantitative estimate of drug-likeness (QED) is 0.734. The molecule has 2 nitrogen and oxygen atoms in total. The van der Waals surface area contributed by atoms with Gasteiger partial charge in [0.05, 0.1) is 12.0 Å². The standard InChI is InChI=1S/C15H16O2S/c1-12(10-18-11-14-8-5-9-17-14)15(16)13-6-3-2-4-7-13/h2-9,12H,10-11H2,1H3/t12-/m0/s1. The van der Waals surface area contributed by atoms with E-state index in [4.69, 9.17) is 4.42 Å². The molecule has 0 amide bonds. The van der Waals surface area contributed by atoms with Crippen molar-refractivity contribution in [1.82, 2.24) is 0 Å². The summed E-state index contributed by atoms with van der Waals surface area (Å²) in [6, 6.07) is 13.3. The molecule has 0 aliphatic rings. The summed E-state index contributed by atoms with van der Waals surface area (Å²) < 4.78 is 5.25. The van der Waals surface area contributed by atoms with Gasteiger partial charge in [0.2, 0.25) is 0 Å². The third-order valence-corrected chi connectivity index (χ3v) is 3.92. The van der Waals surface area contributed by atoms with E-state index in [1.54, 1.807) is 18.0 Å². The Morgan fingerprint density at radius 2 is 2.00 bits per heavy atom. The molecule has 0 fully saturated rings. The van der Waals surface area contributed by atoms with Crippen LogP contribution in [0, 0.1) is 5.92 Å². The number of benzene rings is 1. The van der Waals surface area contributed by atoms with Gasteiger partial charge >= 0.3 is 0 Å². The Morgan fingerprint density at radius 1 is 1.22 bits per heavy atom. The van der Waals surface area contributed by atoms with Crippen LogP contribution < -0.4 is 0 Å². The minimum atomic E-state index is 0.0346. The number of furan rings is 1. The lowest BCUT2D eigenvalue weighted by atomic mass is 10.0. The number of ketones is 1. The van der Waals surface area contributed by atoms with Crippen LogP contribution in [0.25, 0.3) is 0 Å². The Balaban J connectivity index is 1.81. The zero-order valence-corrected chi connectivity index (χ0v) is 11.2. The van der Waals surface area contributed by atoms with E-state index in [0.29, 0.717) is 0 Å². The molecule has 2 rings (SSSR count). The molecule has 2 aromatic rings. The second-order valence-corrected chi connectivity index (χ2v) is 5.26. The summed E-state index contributed by atoms with van der Waals surface area (Å²) in [6.45, 7) is 1.98. The first-order valence-electron chi connectivity index (χ1n) is 5.97. The maximum atomic E-state index is 12.1. The molecule has 1 heterocycles. The van der Waals surface area contributed by atoms with Crippen molar-refractivity contribution >= 4 is 17.5 Å². The van der Waals surface area contributed by atoms with Gasteiger partial charge in [-0.05, 0) is 12.1 Å². The highest BCUT2D eigenvalue weighted by atomic mass is 32.2. The lowest BCUT2D eigenvalue weighted by Gasteiger charge is -2.09. The SMILES string of the molecule is C[C@@H](CSCc1ccco1)C(=O)c1ccccc1. The van der Waals surface area contributed by atoms with Gasteiger partial charge in [0, 0.05) is 17.2 Å². The summed E-state index contributed by atoms with van der Waals surface area (Å²) >= 11 is 1.73. The number of hydrogen-bond acceptors (Lipinski definition) is 3. The molecule has 0 bridgehead atoms. The molecule has 0 radical (unpaired) electrons. The molecule has 1 atom stereocenters. The Hall–Kier alpha value is -1.48. The third-order valence-electron chi connectivity index (χ3n) is 2.70. The summed E-state index contributed by atoms with van der Waals surface area (Å²) in [7, 11) is 0. The largest absolute Gasteiger partial charge is 0.468 e. The number of rotatable bonds is 6. The minimum Gasteiger partial charge on any atom is -0.468 e. The molecule has 1 aromatic heterocycles. The Bertz CT molecular complexity index is 476. The van der Waals surface area contributed by atoms with Crippen LogP contribution in [0.3, 0.4) is 0 Å². The van der Waals surface area contributed by atoms with E-state index < -0.39 is 0 Å². The zero-order chi connectivity index (χ0) is 12.8. The normalized spacial score (nSPS) is 12.3. The third kappa shape index (κ3) is 3.50. The van der Waals surface area contributed by atoms with E-state index in [-0.39, 0.29) is 11.7 Å². The highest BCUT2D eigenvalue weighted by Gasteiger charge is 2.14. The van der Waals surface area contributed by atoms with Crippen molar-refractivity contribution in [1.29, 1.82) is 0 Å².